The first-order valence-corrected chi connectivity index (χ1v) is 10.7. The molecule has 3 rings (SSSR count). The van der Waals surface area contributed by atoms with Crippen LogP contribution in [0, 0.1) is 0 Å². The molecule has 33 heavy (non-hydrogen) atoms. The minimum atomic E-state index is -4.61. The van der Waals surface area contributed by atoms with Gasteiger partial charge in [-0.3, -0.25) is 4.99 Å². The zero-order chi connectivity index (χ0) is 24.0. The Hall–Kier alpha value is -3.48. The number of hydrogen-bond acceptors (Lipinski definition) is 4. The molecule has 0 aliphatic carbocycles. The fraction of sp³-hybridized carbons (Fsp3) is 0.269. The number of methoxy groups -OCH3 is 1. The van der Waals surface area contributed by atoms with E-state index in [1.54, 1.807) is 19.2 Å². The maximum atomic E-state index is 14.3. The molecule has 4 nitrogen and oxygen atoms in total. The van der Waals surface area contributed by atoms with Crippen LogP contribution in [0.5, 0.6) is 5.75 Å². The van der Waals surface area contributed by atoms with Crippen LogP contribution in [0.4, 0.5) is 30.2 Å². The highest BCUT2D eigenvalue weighted by Crippen LogP contribution is 2.47. The molecule has 0 fully saturated rings. The average Bonchev–Trinajstić information content (AvgIpc) is 2.80. The molecule has 174 valence electrons. The fourth-order valence-electron chi connectivity index (χ4n) is 3.54. The van der Waals surface area contributed by atoms with Gasteiger partial charge in [-0.2, -0.15) is 13.2 Å². The molecule has 0 aliphatic heterocycles. The van der Waals surface area contributed by atoms with Crippen molar-refractivity contribution in [3.05, 3.63) is 82.9 Å². The van der Waals surface area contributed by atoms with E-state index in [1.165, 1.54) is 19.4 Å². The van der Waals surface area contributed by atoms with Crippen LogP contribution in [0.3, 0.4) is 0 Å². The average molecular weight is 456 g/mol. The fourth-order valence-corrected chi connectivity index (χ4v) is 3.54. The summed E-state index contributed by atoms with van der Waals surface area (Å²) in [5.74, 6) is 0.652. The van der Waals surface area contributed by atoms with E-state index >= 15 is 0 Å². The second-order valence-corrected chi connectivity index (χ2v) is 7.88. The minimum Gasteiger partial charge on any atom is -0.494 e. The Kier molecular flexibility index (Phi) is 7.63. The number of halogens is 3. The molecule has 0 bridgehead atoms. The lowest BCUT2D eigenvalue weighted by Gasteiger charge is -2.21. The molecular formula is C26H28F3N3O. The summed E-state index contributed by atoms with van der Waals surface area (Å²) in [6.07, 6.45) is -3.16. The van der Waals surface area contributed by atoms with Gasteiger partial charge < -0.3 is 15.4 Å². The predicted octanol–water partition coefficient (Wildman–Crippen LogP) is 7.24. The molecule has 0 radical (unpaired) electrons. The Labute approximate surface area is 192 Å². The van der Waals surface area contributed by atoms with E-state index < -0.39 is 11.7 Å². The maximum absolute atomic E-state index is 14.3. The molecule has 0 spiro atoms. The molecule has 0 heterocycles. The highest BCUT2D eigenvalue weighted by Gasteiger charge is 2.38. The first kappa shape index (κ1) is 24.2. The number of alkyl halides is 3. The number of ether oxygens (including phenoxy) is 1. The molecule has 0 amide bonds. The van der Waals surface area contributed by atoms with Crippen LogP contribution in [0.1, 0.15) is 42.0 Å². The molecule has 0 saturated carbocycles. The Balaban J connectivity index is 2.08. The zero-order valence-corrected chi connectivity index (χ0v) is 19.1. The number of anilines is 2. The molecule has 0 aromatic heterocycles. The van der Waals surface area contributed by atoms with Crippen LogP contribution in [0.2, 0.25) is 0 Å². The van der Waals surface area contributed by atoms with Crippen molar-refractivity contribution in [2.45, 2.75) is 32.5 Å². The quantitative estimate of drug-likeness (QED) is 0.352. The SMILES string of the molecule is CNc1c(OC)cc(CNc2ccccc2)c(C(F)(F)F)c1N=Cc1ccc(C(C)C)cc1. The number of benzene rings is 3. The molecule has 0 unspecified atom stereocenters. The van der Waals surface area contributed by atoms with Gasteiger partial charge in [0.15, 0.2) is 0 Å². The van der Waals surface area contributed by atoms with E-state index in [9.17, 15) is 13.2 Å². The lowest BCUT2D eigenvalue weighted by molar-refractivity contribution is -0.137. The van der Waals surface area contributed by atoms with Gasteiger partial charge in [0.05, 0.1) is 12.7 Å². The molecule has 0 aliphatic rings. The van der Waals surface area contributed by atoms with E-state index in [0.29, 0.717) is 11.5 Å². The number of aliphatic imine (C=N–C) groups is 1. The van der Waals surface area contributed by atoms with Gasteiger partial charge in [0.25, 0.3) is 0 Å². The summed E-state index contributed by atoms with van der Waals surface area (Å²) in [5.41, 5.74) is 1.80. The third kappa shape index (κ3) is 5.86. The van der Waals surface area contributed by atoms with Crippen molar-refractivity contribution in [3.8, 4) is 5.75 Å². The number of rotatable bonds is 8. The molecule has 2 N–H and O–H groups in total. The largest absolute Gasteiger partial charge is 0.494 e. The van der Waals surface area contributed by atoms with E-state index in [-0.39, 0.29) is 29.2 Å². The highest BCUT2D eigenvalue weighted by atomic mass is 19.4. The highest BCUT2D eigenvalue weighted by molar-refractivity contribution is 5.87. The van der Waals surface area contributed by atoms with Crippen molar-refractivity contribution >= 4 is 23.3 Å². The maximum Gasteiger partial charge on any atom is 0.418 e. The van der Waals surface area contributed by atoms with Gasteiger partial charge in [-0.05, 0) is 40.8 Å². The Morgan fingerprint density at radius 2 is 1.70 bits per heavy atom. The molecule has 0 saturated heterocycles. The van der Waals surface area contributed by atoms with Gasteiger partial charge in [-0.1, -0.05) is 56.3 Å². The van der Waals surface area contributed by atoms with E-state index in [0.717, 1.165) is 11.3 Å². The topological polar surface area (TPSA) is 45.6 Å². The monoisotopic (exact) mass is 455 g/mol. The summed E-state index contributed by atoms with van der Waals surface area (Å²) in [6, 6.07) is 18.1. The number of hydrogen-bond donors (Lipinski definition) is 2. The van der Waals surface area contributed by atoms with Crippen LogP contribution < -0.4 is 15.4 Å². The van der Waals surface area contributed by atoms with Crippen molar-refractivity contribution in [2.75, 3.05) is 24.8 Å². The van der Waals surface area contributed by atoms with Crippen molar-refractivity contribution in [1.82, 2.24) is 0 Å². The van der Waals surface area contributed by atoms with Gasteiger partial charge in [-0.15, -0.1) is 0 Å². The standard InChI is InChI=1S/C26H28F3N3O/c1-17(2)19-12-10-18(11-13-19)15-32-25-23(26(27,28)29)20(14-22(33-4)24(25)30-3)16-31-21-8-6-5-7-9-21/h5-15,17,30-31H,16H2,1-4H3. The second kappa shape index (κ2) is 10.4. The Morgan fingerprint density at radius 3 is 2.24 bits per heavy atom. The smallest absolute Gasteiger partial charge is 0.418 e. The normalized spacial score (nSPS) is 11.8. The van der Waals surface area contributed by atoms with Crippen molar-refractivity contribution in [3.63, 3.8) is 0 Å². The van der Waals surface area contributed by atoms with Crippen LogP contribution in [0.25, 0.3) is 0 Å². The van der Waals surface area contributed by atoms with E-state index in [1.807, 2.05) is 42.5 Å². The zero-order valence-electron chi connectivity index (χ0n) is 19.1. The molecular weight excluding hydrogens is 427 g/mol. The van der Waals surface area contributed by atoms with Gasteiger partial charge in [0, 0.05) is 25.5 Å². The lowest BCUT2D eigenvalue weighted by Crippen LogP contribution is -2.14. The number of para-hydroxylation sites is 1. The molecule has 3 aromatic rings. The molecule has 3 aromatic carbocycles. The predicted molar refractivity (Wildman–Crippen MR) is 129 cm³/mol. The third-order valence-electron chi connectivity index (χ3n) is 5.30. The summed E-state index contributed by atoms with van der Waals surface area (Å²) < 4.78 is 48.3. The van der Waals surface area contributed by atoms with E-state index in [4.69, 9.17) is 4.74 Å². The van der Waals surface area contributed by atoms with Gasteiger partial charge in [0.2, 0.25) is 0 Å². The summed E-state index contributed by atoms with van der Waals surface area (Å²) in [4.78, 5) is 4.30. The third-order valence-corrected chi connectivity index (χ3v) is 5.30. The molecule has 7 heteroatoms. The lowest BCUT2D eigenvalue weighted by atomic mass is 10.0. The van der Waals surface area contributed by atoms with Crippen molar-refractivity contribution in [1.29, 1.82) is 0 Å². The van der Waals surface area contributed by atoms with Crippen LogP contribution >= 0.6 is 0 Å². The summed E-state index contributed by atoms with van der Waals surface area (Å²) in [5, 5.41) is 5.88. The van der Waals surface area contributed by atoms with Gasteiger partial charge >= 0.3 is 6.18 Å². The molecule has 0 atom stereocenters. The number of nitrogens with zero attached hydrogens (tertiary/aromatic N) is 1. The number of nitrogens with one attached hydrogen (secondary N) is 2. The summed E-state index contributed by atoms with van der Waals surface area (Å²) in [7, 11) is 2.98. The Bertz CT molecular complexity index is 1090. The summed E-state index contributed by atoms with van der Waals surface area (Å²) >= 11 is 0. The van der Waals surface area contributed by atoms with Crippen LogP contribution in [-0.4, -0.2) is 20.4 Å². The first-order valence-electron chi connectivity index (χ1n) is 10.7. The van der Waals surface area contributed by atoms with Gasteiger partial charge in [0.1, 0.15) is 17.1 Å². The van der Waals surface area contributed by atoms with Crippen molar-refractivity contribution in [2.24, 2.45) is 4.99 Å². The van der Waals surface area contributed by atoms with Gasteiger partial charge in [-0.25, -0.2) is 0 Å². The van der Waals surface area contributed by atoms with E-state index in [2.05, 4.69) is 29.5 Å². The Morgan fingerprint density at radius 1 is 1.03 bits per heavy atom. The summed E-state index contributed by atoms with van der Waals surface area (Å²) in [6.45, 7) is 4.13. The first-order chi connectivity index (χ1) is 15.7. The van der Waals surface area contributed by atoms with Crippen LogP contribution in [-0.2, 0) is 12.7 Å². The van der Waals surface area contributed by atoms with Crippen molar-refractivity contribution < 1.29 is 17.9 Å². The second-order valence-electron chi connectivity index (χ2n) is 7.88. The van der Waals surface area contributed by atoms with Crippen LogP contribution in [0.15, 0.2) is 65.7 Å². The minimum absolute atomic E-state index is 0.0369.